The van der Waals surface area contributed by atoms with Crippen molar-refractivity contribution in [3.05, 3.63) is 78.0 Å². The van der Waals surface area contributed by atoms with E-state index in [0.717, 1.165) is 49.5 Å². The maximum Gasteiger partial charge on any atom is 0.247 e. The molecule has 0 saturated carbocycles. The fraction of sp³-hybridized carbons (Fsp3) is 0.269. The van der Waals surface area contributed by atoms with Crippen molar-refractivity contribution >= 4 is 46.3 Å². The molecule has 3 aromatic rings. The van der Waals surface area contributed by atoms with E-state index >= 15 is 0 Å². The van der Waals surface area contributed by atoms with E-state index in [9.17, 15) is 4.79 Å². The lowest BCUT2D eigenvalue weighted by molar-refractivity contribution is -0.111. The number of amides is 1. The van der Waals surface area contributed by atoms with Gasteiger partial charge in [-0.25, -0.2) is 4.98 Å². The van der Waals surface area contributed by atoms with E-state index in [-0.39, 0.29) is 5.91 Å². The van der Waals surface area contributed by atoms with Crippen molar-refractivity contribution in [2.45, 2.75) is 6.42 Å². The van der Waals surface area contributed by atoms with Crippen LogP contribution in [0.4, 0.5) is 28.8 Å². The first-order valence-electron chi connectivity index (χ1n) is 11.6. The van der Waals surface area contributed by atoms with Gasteiger partial charge in [0.2, 0.25) is 11.9 Å². The summed E-state index contributed by atoms with van der Waals surface area (Å²) in [6.45, 7) is 8.33. The van der Waals surface area contributed by atoms with Gasteiger partial charge in [-0.05, 0) is 61.5 Å². The molecule has 1 saturated heterocycles. The number of piperazine rings is 1. The van der Waals surface area contributed by atoms with E-state index in [0.29, 0.717) is 23.3 Å². The summed E-state index contributed by atoms with van der Waals surface area (Å²) in [5.41, 5.74) is 4.00. The van der Waals surface area contributed by atoms with Gasteiger partial charge < -0.3 is 25.8 Å². The number of aromatic nitrogens is 2. The molecule has 1 aromatic heterocycles. The van der Waals surface area contributed by atoms with Crippen LogP contribution in [0.25, 0.3) is 0 Å². The number of halogens is 1. The van der Waals surface area contributed by atoms with Crippen molar-refractivity contribution in [2.75, 3.05) is 60.6 Å². The van der Waals surface area contributed by atoms with Crippen molar-refractivity contribution in [3.63, 3.8) is 0 Å². The number of nitrogens with one attached hydrogen (secondary N) is 3. The summed E-state index contributed by atoms with van der Waals surface area (Å²) in [6, 6.07) is 16.0. The quantitative estimate of drug-likeness (QED) is 0.382. The molecule has 35 heavy (non-hydrogen) atoms. The van der Waals surface area contributed by atoms with Crippen LogP contribution in [0.5, 0.6) is 0 Å². The first-order chi connectivity index (χ1) is 17.0. The van der Waals surface area contributed by atoms with Gasteiger partial charge >= 0.3 is 0 Å². The monoisotopic (exact) mass is 491 g/mol. The molecular weight excluding hydrogens is 462 g/mol. The van der Waals surface area contributed by atoms with Crippen LogP contribution >= 0.6 is 11.6 Å². The van der Waals surface area contributed by atoms with Crippen LogP contribution in [-0.4, -0.2) is 60.5 Å². The van der Waals surface area contributed by atoms with Gasteiger partial charge in [-0.1, -0.05) is 30.3 Å². The molecule has 8 nitrogen and oxygen atoms in total. The number of likely N-dealkylation sites (N-methyl/N-ethyl adjacent to an activating group) is 1. The highest BCUT2D eigenvalue weighted by molar-refractivity contribution is 6.32. The molecule has 182 valence electrons. The van der Waals surface area contributed by atoms with Crippen LogP contribution in [0.15, 0.2) is 67.4 Å². The molecule has 9 heteroatoms. The number of nitrogens with zero attached hydrogens (tertiary/aromatic N) is 4. The minimum absolute atomic E-state index is 0.229. The van der Waals surface area contributed by atoms with Gasteiger partial charge in [0, 0.05) is 49.8 Å². The molecule has 0 atom stereocenters. The van der Waals surface area contributed by atoms with E-state index < -0.39 is 0 Å². The Kier molecular flexibility index (Phi) is 8.18. The number of carbonyl (C=O) groups excluding carboxylic acids is 1. The number of hydrogen-bond acceptors (Lipinski definition) is 7. The molecular formula is C26H30ClN7O. The fourth-order valence-corrected chi connectivity index (χ4v) is 3.93. The van der Waals surface area contributed by atoms with Gasteiger partial charge in [-0.3, -0.25) is 4.79 Å². The summed E-state index contributed by atoms with van der Waals surface area (Å²) in [6.07, 6.45) is 3.61. The number of anilines is 5. The van der Waals surface area contributed by atoms with Crippen LogP contribution in [0.2, 0.25) is 5.02 Å². The van der Waals surface area contributed by atoms with Crippen LogP contribution in [0, 0.1) is 0 Å². The second kappa shape index (κ2) is 11.7. The predicted octanol–water partition coefficient (Wildman–Crippen LogP) is 4.40. The van der Waals surface area contributed by atoms with E-state index in [1.165, 1.54) is 11.8 Å². The lowest BCUT2D eigenvalue weighted by atomic mass is 10.1. The van der Waals surface area contributed by atoms with Gasteiger partial charge in [0.25, 0.3) is 0 Å². The van der Waals surface area contributed by atoms with Crippen LogP contribution in [0.1, 0.15) is 5.56 Å². The number of benzene rings is 2. The van der Waals surface area contributed by atoms with E-state index in [2.05, 4.69) is 61.5 Å². The molecule has 0 spiro atoms. The molecule has 2 aromatic carbocycles. The Labute approximate surface area is 211 Å². The Morgan fingerprint density at radius 2 is 1.74 bits per heavy atom. The van der Waals surface area contributed by atoms with Gasteiger partial charge in [-0.15, -0.1) is 0 Å². The third-order valence-corrected chi connectivity index (χ3v) is 6.13. The van der Waals surface area contributed by atoms with Gasteiger partial charge in [-0.2, -0.15) is 4.98 Å². The van der Waals surface area contributed by atoms with Gasteiger partial charge in [0.1, 0.15) is 5.02 Å². The average molecular weight is 492 g/mol. The molecule has 0 bridgehead atoms. The molecule has 1 aliphatic heterocycles. The molecule has 1 fully saturated rings. The summed E-state index contributed by atoms with van der Waals surface area (Å²) in [5, 5.41) is 9.74. The van der Waals surface area contributed by atoms with Gasteiger partial charge in [0.05, 0.1) is 6.20 Å². The zero-order valence-corrected chi connectivity index (χ0v) is 20.6. The minimum Gasteiger partial charge on any atom is -0.369 e. The van der Waals surface area contributed by atoms with Crippen LogP contribution in [0.3, 0.4) is 0 Å². The second-order valence-corrected chi connectivity index (χ2v) is 8.83. The highest BCUT2D eigenvalue weighted by Crippen LogP contribution is 2.24. The van der Waals surface area contributed by atoms with Crippen molar-refractivity contribution in [3.8, 4) is 0 Å². The Balaban J connectivity index is 1.30. The molecule has 2 heterocycles. The zero-order valence-electron chi connectivity index (χ0n) is 19.8. The van der Waals surface area contributed by atoms with E-state index in [1.54, 1.807) is 6.20 Å². The Hall–Kier alpha value is -3.62. The average Bonchev–Trinajstić information content (AvgIpc) is 2.88. The predicted molar refractivity (Wildman–Crippen MR) is 144 cm³/mol. The van der Waals surface area contributed by atoms with Crippen LogP contribution < -0.4 is 20.9 Å². The van der Waals surface area contributed by atoms with Gasteiger partial charge in [0.15, 0.2) is 5.82 Å². The third kappa shape index (κ3) is 6.94. The molecule has 1 aliphatic rings. The second-order valence-electron chi connectivity index (χ2n) is 8.42. The standard InChI is InChI=1S/C26H30ClN7O/c1-3-24(35)30-20-6-4-19(5-7-20)12-13-28-25-23(27)18-29-26(32-25)31-21-8-10-22(11-9-21)34-16-14-33(2)15-17-34/h3-11,18H,1,12-17H2,2H3,(H,30,35)(H2,28,29,31,32). The lowest BCUT2D eigenvalue weighted by Gasteiger charge is -2.34. The largest absolute Gasteiger partial charge is 0.369 e. The number of carbonyl (C=O) groups is 1. The minimum atomic E-state index is -0.229. The van der Waals surface area contributed by atoms with Crippen LogP contribution in [-0.2, 0) is 11.2 Å². The lowest BCUT2D eigenvalue weighted by Crippen LogP contribution is -2.44. The molecule has 0 radical (unpaired) electrons. The smallest absolute Gasteiger partial charge is 0.247 e. The topological polar surface area (TPSA) is 85.4 Å². The Morgan fingerprint density at radius 1 is 1.06 bits per heavy atom. The summed E-state index contributed by atoms with van der Waals surface area (Å²) < 4.78 is 0. The normalized spacial score (nSPS) is 13.8. The maximum atomic E-state index is 11.4. The Morgan fingerprint density at radius 3 is 2.43 bits per heavy atom. The van der Waals surface area contributed by atoms with Crippen molar-refractivity contribution in [2.24, 2.45) is 0 Å². The molecule has 1 amide bonds. The Bertz CT molecular complexity index is 1140. The van der Waals surface area contributed by atoms with Crippen molar-refractivity contribution in [1.29, 1.82) is 0 Å². The molecule has 0 unspecified atom stereocenters. The molecule has 3 N–H and O–H groups in total. The number of hydrogen-bond donors (Lipinski definition) is 3. The molecule has 0 aliphatic carbocycles. The summed E-state index contributed by atoms with van der Waals surface area (Å²) in [7, 11) is 2.16. The van der Waals surface area contributed by atoms with Crippen molar-refractivity contribution < 1.29 is 4.79 Å². The molecule has 4 rings (SSSR count). The zero-order chi connectivity index (χ0) is 24.6. The first-order valence-corrected chi connectivity index (χ1v) is 12.0. The summed E-state index contributed by atoms with van der Waals surface area (Å²) in [4.78, 5) is 25.0. The highest BCUT2D eigenvalue weighted by atomic mass is 35.5. The van der Waals surface area contributed by atoms with E-state index in [4.69, 9.17) is 11.6 Å². The number of rotatable bonds is 9. The highest BCUT2D eigenvalue weighted by Gasteiger charge is 2.14. The summed E-state index contributed by atoms with van der Waals surface area (Å²) in [5.74, 6) is 0.827. The first kappa shape index (κ1) is 24.5. The third-order valence-electron chi connectivity index (χ3n) is 5.85. The fourth-order valence-electron chi connectivity index (χ4n) is 3.77. The summed E-state index contributed by atoms with van der Waals surface area (Å²) >= 11 is 6.31. The van der Waals surface area contributed by atoms with E-state index in [1.807, 2.05) is 36.4 Å². The SMILES string of the molecule is C=CC(=O)Nc1ccc(CCNc2nc(Nc3ccc(N4CCN(C)CC4)cc3)ncc2Cl)cc1. The maximum absolute atomic E-state index is 11.4. The van der Waals surface area contributed by atoms with Crippen molar-refractivity contribution in [1.82, 2.24) is 14.9 Å².